The zero-order valence-electron chi connectivity index (χ0n) is 12.5. The number of halogens is 2. The van der Waals surface area contributed by atoms with Crippen LogP contribution in [0.2, 0.25) is 0 Å². The highest BCUT2D eigenvalue weighted by Crippen LogP contribution is 2.16. The molecule has 1 aromatic carbocycles. The van der Waals surface area contributed by atoms with Crippen molar-refractivity contribution in [2.24, 2.45) is 0 Å². The summed E-state index contributed by atoms with van der Waals surface area (Å²) in [7, 11) is 1.78. The van der Waals surface area contributed by atoms with Gasteiger partial charge >= 0.3 is 0 Å². The largest absolute Gasteiger partial charge is 0.316 e. The van der Waals surface area contributed by atoms with Gasteiger partial charge in [-0.3, -0.25) is 0 Å². The molecule has 21 heavy (non-hydrogen) atoms. The van der Waals surface area contributed by atoms with Crippen molar-refractivity contribution in [2.45, 2.75) is 38.8 Å². The fourth-order valence-electron chi connectivity index (χ4n) is 2.32. The Hall–Kier alpha value is -1.82. The molecule has 4 nitrogen and oxygen atoms in total. The number of likely N-dealkylation sites (N-methyl/N-ethyl adjacent to an activating group) is 1. The maximum atomic E-state index is 13.7. The minimum atomic E-state index is -0.513. The second-order valence-electron chi connectivity index (χ2n) is 5.31. The molecule has 1 unspecified atom stereocenters. The highest BCUT2D eigenvalue weighted by molar-refractivity contribution is 5.21. The monoisotopic (exact) mass is 294 g/mol. The van der Waals surface area contributed by atoms with Crippen molar-refractivity contribution in [2.75, 3.05) is 7.05 Å². The summed E-state index contributed by atoms with van der Waals surface area (Å²) in [6.45, 7) is 4.03. The van der Waals surface area contributed by atoms with E-state index < -0.39 is 11.6 Å². The average Bonchev–Trinajstić information content (AvgIpc) is 2.90. The van der Waals surface area contributed by atoms with Crippen LogP contribution in [0.25, 0.3) is 0 Å². The lowest BCUT2D eigenvalue weighted by Gasteiger charge is -2.18. The third kappa shape index (κ3) is 3.64. The Balaban J connectivity index is 2.15. The quantitative estimate of drug-likeness (QED) is 0.890. The second kappa shape index (κ2) is 6.76. The van der Waals surface area contributed by atoms with E-state index in [-0.39, 0.29) is 24.1 Å². The van der Waals surface area contributed by atoms with Gasteiger partial charge in [-0.1, -0.05) is 6.07 Å². The van der Waals surface area contributed by atoms with Gasteiger partial charge in [0, 0.05) is 24.1 Å². The molecule has 0 spiro atoms. The molecule has 6 heteroatoms. The first-order chi connectivity index (χ1) is 10.0. The normalized spacial score (nSPS) is 12.9. The number of aromatic nitrogens is 3. The van der Waals surface area contributed by atoms with Crippen LogP contribution in [0.1, 0.15) is 31.3 Å². The van der Waals surface area contributed by atoms with Crippen molar-refractivity contribution in [3.63, 3.8) is 0 Å². The Morgan fingerprint density at radius 3 is 2.43 bits per heavy atom. The van der Waals surface area contributed by atoms with Gasteiger partial charge in [0.15, 0.2) is 0 Å². The highest BCUT2D eigenvalue weighted by Gasteiger charge is 2.18. The molecule has 0 aliphatic carbocycles. The summed E-state index contributed by atoms with van der Waals surface area (Å²) in [6.07, 6.45) is 2.33. The number of benzene rings is 1. The molecule has 0 saturated carbocycles. The summed E-state index contributed by atoms with van der Waals surface area (Å²) in [5.41, 5.74) is 0.104. The lowest BCUT2D eigenvalue weighted by atomic mass is 10.0. The van der Waals surface area contributed by atoms with Crippen molar-refractivity contribution in [3.8, 4) is 0 Å². The molecule has 0 aliphatic heterocycles. The van der Waals surface area contributed by atoms with Crippen LogP contribution in [0, 0.1) is 11.6 Å². The SMILES string of the molecule is CNC(Cc1c(F)cccc1F)Cc1ncnn1C(C)C. The van der Waals surface area contributed by atoms with Crippen molar-refractivity contribution in [3.05, 3.63) is 47.5 Å². The van der Waals surface area contributed by atoms with E-state index >= 15 is 0 Å². The third-order valence-electron chi connectivity index (χ3n) is 3.49. The van der Waals surface area contributed by atoms with E-state index in [4.69, 9.17) is 0 Å². The van der Waals surface area contributed by atoms with Crippen LogP contribution in [-0.4, -0.2) is 27.9 Å². The molecule has 114 valence electrons. The molecule has 2 rings (SSSR count). The first kappa shape index (κ1) is 15.6. The fourth-order valence-corrected chi connectivity index (χ4v) is 2.32. The number of rotatable bonds is 6. The standard InChI is InChI=1S/C15H20F2N4/c1-10(2)21-15(19-9-20-21)8-11(18-3)7-12-13(16)5-4-6-14(12)17/h4-6,9-11,18H,7-8H2,1-3H3. The number of nitrogens with one attached hydrogen (secondary N) is 1. The highest BCUT2D eigenvalue weighted by atomic mass is 19.1. The van der Waals surface area contributed by atoms with Crippen LogP contribution < -0.4 is 5.32 Å². The number of hydrogen-bond acceptors (Lipinski definition) is 3. The average molecular weight is 294 g/mol. The molecule has 1 heterocycles. The van der Waals surface area contributed by atoms with E-state index in [1.807, 2.05) is 18.5 Å². The topological polar surface area (TPSA) is 42.7 Å². The van der Waals surface area contributed by atoms with Gasteiger partial charge in [-0.05, 0) is 39.4 Å². The van der Waals surface area contributed by atoms with Crippen molar-refractivity contribution in [1.82, 2.24) is 20.1 Å². The van der Waals surface area contributed by atoms with E-state index in [0.29, 0.717) is 6.42 Å². The molecular weight excluding hydrogens is 274 g/mol. The maximum Gasteiger partial charge on any atom is 0.138 e. The van der Waals surface area contributed by atoms with Crippen LogP contribution in [0.3, 0.4) is 0 Å². The smallest absolute Gasteiger partial charge is 0.138 e. The van der Waals surface area contributed by atoms with Crippen LogP contribution in [0.15, 0.2) is 24.5 Å². The predicted molar refractivity (Wildman–Crippen MR) is 77.0 cm³/mol. The third-order valence-corrected chi connectivity index (χ3v) is 3.49. The summed E-state index contributed by atoms with van der Waals surface area (Å²) in [5, 5.41) is 7.27. The Kier molecular flexibility index (Phi) is 5.01. The molecule has 0 amide bonds. The minimum absolute atomic E-state index is 0.104. The Morgan fingerprint density at radius 2 is 1.86 bits per heavy atom. The first-order valence-corrected chi connectivity index (χ1v) is 7.01. The summed E-state index contributed by atoms with van der Waals surface area (Å²) in [6, 6.07) is 4.02. The van der Waals surface area contributed by atoms with Crippen molar-refractivity contribution < 1.29 is 8.78 Å². The van der Waals surface area contributed by atoms with Gasteiger partial charge in [0.05, 0.1) is 0 Å². The summed E-state index contributed by atoms with van der Waals surface area (Å²) >= 11 is 0. The summed E-state index contributed by atoms with van der Waals surface area (Å²) in [4.78, 5) is 4.24. The molecule has 2 aromatic rings. The van der Waals surface area contributed by atoms with Crippen molar-refractivity contribution in [1.29, 1.82) is 0 Å². The van der Waals surface area contributed by atoms with Crippen LogP contribution in [-0.2, 0) is 12.8 Å². The molecule has 0 bridgehead atoms. The molecule has 0 saturated heterocycles. The maximum absolute atomic E-state index is 13.7. The zero-order valence-corrected chi connectivity index (χ0v) is 12.5. The molecule has 1 atom stereocenters. The summed E-state index contributed by atoms with van der Waals surface area (Å²) in [5.74, 6) is -0.220. The van der Waals surface area contributed by atoms with E-state index in [0.717, 1.165) is 5.82 Å². The fraction of sp³-hybridized carbons (Fsp3) is 0.467. The predicted octanol–water partition coefficient (Wildman–Crippen LogP) is 2.51. The molecule has 0 aliphatic rings. The van der Waals surface area contributed by atoms with Crippen LogP contribution >= 0.6 is 0 Å². The Labute approximate surface area is 123 Å². The minimum Gasteiger partial charge on any atom is -0.316 e. The van der Waals surface area contributed by atoms with E-state index in [9.17, 15) is 8.78 Å². The second-order valence-corrected chi connectivity index (χ2v) is 5.31. The van der Waals surface area contributed by atoms with Gasteiger partial charge in [-0.25, -0.2) is 18.4 Å². The Bertz CT molecular complexity index is 575. The van der Waals surface area contributed by atoms with Gasteiger partial charge in [0.2, 0.25) is 0 Å². The van der Waals surface area contributed by atoms with Crippen molar-refractivity contribution >= 4 is 0 Å². The molecule has 0 radical (unpaired) electrons. The van der Waals surface area contributed by atoms with Gasteiger partial charge < -0.3 is 5.32 Å². The van der Waals surface area contributed by atoms with Crippen LogP contribution in [0.5, 0.6) is 0 Å². The summed E-state index contributed by atoms with van der Waals surface area (Å²) < 4.78 is 29.3. The van der Waals surface area contributed by atoms with Crippen LogP contribution in [0.4, 0.5) is 8.78 Å². The molecule has 0 fully saturated rings. The number of nitrogens with zero attached hydrogens (tertiary/aromatic N) is 3. The van der Waals surface area contributed by atoms with E-state index in [1.165, 1.54) is 24.5 Å². The van der Waals surface area contributed by atoms with Gasteiger partial charge in [0.1, 0.15) is 23.8 Å². The van der Waals surface area contributed by atoms with Gasteiger partial charge in [-0.2, -0.15) is 5.10 Å². The van der Waals surface area contributed by atoms with Gasteiger partial charge in [-0.15, -0.1) is 0 Å². The molecular formula is C15H20F2N4. The lowest BCUT2D eigenvalue weighted by molar-refractivity contribution is 0.458. The number of hydrogen-bond donors (Lipinski definition) is 1. The first-order valence-electron chi connectivity index (χ1n) is 7.01. The van der Waals surface area contributed by atoms with Gasteiger partial charge in [0.25, 0.3) is 0 Å². The zero-order chi connectivity index (χ0) is 15.4. The van der Waals surface area contributed by atoms with E-state index in [2.05, 4.69) is 15.4 Å². The molecule has 1 aromatic heterocycles. The molecule has 1 N–H and O–H groups in total. The Morgan fingerprint density at radius 1 is 1.19 bits per heavy atom. The van der Waals surface area contributed by atoms with E-state index in [1.54, 1.807) is 7.05 Å². The lowest BCUT2D eigenvalue weighted by Crippen LogP contribution is -2.32.